The van der Waals surface area contributed by atoms with Gasteiger partial charge in [-0.3, -0.25) is 14.4 Å². The number of benzene rings is 2. The van der Waals surface area contributed by atoms with Crippen LogP contribution in [0.1, 0.15) is 41.5 Å². The Morgan fingerprint density at radius 1 is 0.958 bits per heavy atom. The molecule has 0 fully saturated rings. The predicted molar refractivity (Wildman–Crippen MR) is 91.6 cm³/mol. The molecule has 0 aliphatic rings. The molecule has 0 saturated heterocycles. The van der Waals surface area contributed by atoms with E-state index in [1.807, 2.05) is 0 Å². The number of hydrogen-bond donors (Lipinski definition) is 1. The summed E-state index contributed by atoms with van der Waals surface area (Å²) in [5.41, 5.74) is 1.40. The van der Waals surface area contributed by atoms with Gasteiger partial charge >= 0.3 is 0 Å². The fourth-order valence-corrected chi connectivity index (χ4v) is 2.18. The lowest BCUT2D eigenvalue weighted by Crippen LogP contribution is -2.30. The molecule has 5 nitrogen and oxygen atoms in total. The summed E-state index contributed by atoms with van der Waals surface area (Å²) >= 11 is 0. The molecule has 0 heterocycles. The summed E-state index contributed by atoms with van der Waals surface area (Å²) in [4.78, 5) is 35.3. The van der Waals surface area contributed by atoms with Crippen LogP contribution in [0.5, 0.6) is 5.75 Å². The maximum Gasteiger partial charge on any atom is 0.265 e. The standard InChI is InChI=1S/C19H19NO4/c1-12(21)15-7-6-8-16(11-15)24-14(3)19(23)20-18-10-5-4-9-17(18)13(2)22/h4-11,14H,1-3H3,(H,20,23)/t14-/m0/s1. The van der Waals surface area contributed by atoms with E-state index in [9.17, 15) is 14.4 Å². The Kier molecular flexibility index (Phi) is 5.47. The van der Waals surface area contributed by atoms with Crippen molar-refractivity contribution in [2.75, 3.05) is 5.32 Å². The quantitative estimate of drug-likeness (QED) is 0.825. The van der Waals surface area contributed by atoms with Gasteiger partial charge in [0.2, 0.25) is 0 Å². The zero-order valence-electron chi connectivity index (χ0n) is 13.8. The average Bonchev–Trinajstić information content (AvgIpc) is 2.55. The van der Waals surface area contributed by atoms with Gasteiger partial charge in [-0.15, -0.1) is 0 Å². The highest BCUT2D eigenvalue weighted by atomic mass is 16.5. The number of ether oxygens (including phenoxy) is 1. The van der Waals surface area contributed by atoms with Crippen LogP contribution >= 0.6 is 0 Å². The summed E-state index contributed by atoms with van der Waals surface area (Å²) in [6.07, 6.45) is -0.785. The Labute approximate surface area is 140 Å². The van der Waals surface area contributed by atoms with E-state index >= 15 is 0 Å². The van der Waals surface area contributed by atoms with Gasteiger partial charge in [-0.2, -0.15) is 0 Å². The summed E-state index contributed by atoms with van der Waals surface area (Å²) in [5.74, 6) is -0.149. The highest BCUT2D eigenvalue weighted by molar-refractivity contribution is 6.04. The molecule has 0 unspecified atom stereocenters. The number of rotatable bonds is 6. The molecular weight excluding hydrogens is 306 g/mol. The molecule has 2 rings (SSSR count). The van der Waals surface area contributed by atoms with E-state index in [2.05, 4.69) is 5.32 Å². The topological polar surface area (TPSA) is 72.5 Å². The molecule has 0 radical (unpaired) electrons. The van der Waals surface area contributed by atoms with Crippen molar-refractivity contribution >= 4 is 23.2 Å². The second-order valence-corrected chi connectivity index (χ2v) is 5.44. The van der Waals surface area contributed by atoms with Gasteiger partial charge < -0.3 is 10.1 Å². The first-order valence-electron chi connectivity index (χ1n) is 7.57. The summed E-state index contributed by atoms with van der Waals surface area (Å²) in [6.45, 7) is 4.51. The minimum absolute atomic E-state index is 0.0760. The molecule has 2 aromatic rings. The smallest absolute Gasteiger partial charge is 0.265 e. The highest BCUT2D eigenvalue weighted by Gasteiger charge is 2.17. The van der Waals surface area contributed by atoms with Crippen LogP contribution in [0.3, 0.4) is 0 Å². The minimum atomic E-state index is -0.785. The van der Waals surface area contributed by atoms with Crippen LogP contribution < -0.4 is 10.1 Å². The molecule has 0 aliphatic heterocycles. The third-order valence-electron chi connectivity index (χ3n) is 3.49. The van der Waals surface area contributed by atoms with Crippen LogP contribution in [0.25, 0.3) is 0 Å². The zero-order chi connectivity index (χ0) is 17.7. The number of para-hydroxylation sites is 1. The van der Waals surface area contributed by atoms with E-state index in [0.717, 1.165) is 0 Å². The van der Waals surface area contributed by atoms with Crippen LogP contribution in [0, 0.1) is 0 Å². The number of carbonyl (C=O) groups is 3. The Morgan fingerprint density at radius 3 is 2.33 bits per heavy atom. The SMILES string of the molecule is CC(=O)c1cccc(O[C@@H](C)C(=O)Nc2ccccc2C(C)=O)c1. The average molecular weight is 325 g/mol. The van der Waals surface area contributed by atoms with Gasteiger partial charge in [-0.05, 0) is 45.0 Å². The van der Waals surface area contributed by atoms with Gasteiger partial charge in [0.25, 0.3) is 5.91 Å². The number of ketones is 2. The Bertz CT molecular complexity index is 782. The molecular formula is C19H19NO4. The van der Waals surface area contributed by atoms with Crippen LogP contribution in [-0.2, 0) is 4.79 Å². The van der Waals surface area contributed by atoms with E-state index in [-0.39, 0.29) is 17.5 Å². The van der Waals surface area contributed by atoms with Crippen molar-refractivity contribution in [1.29, 1.82) is 0 Å². The maximum absolute atomic E-state index is 12.3. The van der Waals surface area contributed by atoms with E-state index in [1.165, 1.54) is 13.8 Å². The van der Waals surface area contributed by atoms with Gasteiger partial charge in [0.05, 0.1) is 5.69 Å². The fourth-order valence-electron chi connectivity index (χ4n) is 2.18. The largest absolute Gasteiger partial charge is 0.481 e. The molecule has 2 aromatic carbocycles. The van der Waals surface area contributed by atoms with Gasteiger partial charge in [0.15, 0.2) is 17.7 Å². The number of anilines is 1. The summed E-state index contributed by atoms with van der Waals surface area (Å²) in [6, 6.07) is 13.4. The van der Waals surface area contributed by atoms with Crippen molar-refractivity contribution in [2.45, 2.75) is 26.9 Å². The van der Waals surface area contributed by atoms with Crippen LogP contribution in [-0.4, -0.2) is 23.6 Å². The molecule has 0 spiro atoms. The first-order valence-corrected chi connectivity index (χ1v) is 7.57. The molecule has 24 heavy (non-hydrogen) atoms. The minimum Gasteiger partial charge on any atom is -0.481 e. The second-order valence-electron chi connectivity index (χ2n) is 5.44. The molecule has 1 amide bonds. The highest BCUT2D eigenvalue weighted by Crippen LogP contribution is 2.18. The van der Waals surface area contributed by atoms with Gasteiger partial charge in [0, 0.05) is 11.1 Å². The lowest BCUT2D eigenvalue weighted by atomic mass is 10.1. The van der Waals surface area contributed by atoms with E-state index in [1.54, 1.807) is 55.5 Å². The predicted octanol–water partition coefficient (Wildman–Crippen LogP) is 3.50. The van der Waals surface area contributed by atoms with Crippen molar-refractivity contribution < 1.29 is 19.1 Å². The van der Waals surface area contributed by atoms with Crippen LogP contribution in [0.2, 0.25) is 0 Å². The normalized spacial score (nSPS) is 11.5. The van der Waals surface area contributed by atoms with E-state index in [0.29, 0.717) is 22.6 Å². The van der Waals surface area contributed by atoms with Crippen molar-refractivity contribution in [3.05, 3.63) is 59.7 Å². The molecule has 124 valence electrons. The molecule has 0 aromatic heterocycles. The first-order chi connectivity index (χ1) is 11.4. The Hall–Kier alpha value is -2.95. The van der Waals surface area contributed by atoms with E-state index in [4.69, 9.17) is 4.74 Å². The fraction of sp³-hybridized carbons (Fsp3) is 0.211. The lowest BCUT2D eigenvalue weighted by molar-refractivity contribution is -0.122. The molecule has 1 N–H and O–H groups in total. The second kappa shape index (κ2) is 7.55. The Morgan fingerprint density at radius 2 is 1.67 bits per heavy atom. The van der Waals surface area contributed by atoms with Crippen molar-refractivity contribution in [2.24, 2.45) is 0 Å². The maximum atomic E-state index is 12.3. The number of amides is 1. The molecule has 0 saturated carbocycles. The van der Waals surface area contributed by atoms with Gasteiger partial charge in [0.1, 0.15) is 5.75 Å². The number of hydrogen-bond acceptors (Lipinski definition) is 4. The number of nitrogens with one attached hydrogen (secondary N) is 1. The third kappa shape index (κ3) is 4.29. The van der Waals surface area contributed by atoms with Crippen LogP contribution in [0.15, 0.2) is 48.5 Å². The molecule has 0 aliphatic carbocycles. The molecule has 1 atom stereocenters. The van der Waals surface area contributed by atoms with Gasteiger partial charge in [-0.1, -0.05) is 24.3 Å². The lowest BCUT2D eigenvalue weighted by Gasteiger charge is -2.16. The van der Waals surface area contributed by atoms with Crippen molar-refractivity contribution in [1.82, 2.24) is 0 Å². The van der Waals surface area contributed by atoms with Gasteiger partial charge in [-0.25, -0.2) is 0 Å². The monoisotopic (exact) mass is 325 g/mol. The van der Waals surface area contributed by atoms with Crippen LogP contribution in [0.4, 0.5) is 5.69 Å². The summed E-state index contributed by atoms with van der Waals surface area (Å²) < 4.78 is 5.59. The van der Waals surface area contributed by atoms with Crippen molar-refractivity contribution in [3.8, 4) is 5.75 Å². The Balaban J connectivity index is 2.09. The molecule has 5 heteroatoms. The number of carbonyl (C=O) groups excluding carboxylic acids is 3. The van der Waals surface area contributed by atoms with E-state index < -0.39 is 6.10 Å². The number of Topliss-reactive ketones (excluding diaryl/α,β-unsaturated/α-hetero) is 2. The van der Waals surface area contributed by atoms with Crippen molar-refractivity contribution in [3.63, 3.8) is 0 Å². The summed E-state index contributed by atoms with van der Waals surface area (Å²) in [7, 11) is 0. The zero-order valence-corrected chi connectivity index (χ0v) is 13.8. The molecule has 0 bridgehead atoms. The third-order valence-corrected chi connectivity index (χ3v) is 3.49. The first kappa shape index (κ1) is 17.4. The summed E-state index contributed by atoms with van der Waals surface area (Å²) in [5, 5.41) is 2.70.